The summed E-state index contributed by atoms with van der Waals surface area (Å²) in [6, 6.07) is 4.09. The van der Waals surface area contributed by atoms with Gasteiger partial charge in [-0.1, -0.05) is 26.8 Å². The van der Waals surface area contributed by atoms with Crippen molar-refractivity contribution < 1.29 is 4.79 Å². The largest absolute Gasteiger partial charge is 0.370 e. The second-order valence-corrected chi connectivity index (χ2v) is 5.58. The van der Waals surface area contributed by atoms with E-state index in [1.54, 1.807) is 11.3 Å². The second-order valence-electron chi connectivity index (χ2n) is 4.60. The normalized spacial score (nSPS) is 13.9. The third kappa shape index (κ3) is 2.84. The lowest BCUT2D eigenvalue weighted by Crippen LogP contribution is -2.24. The lowest BCUT2D eigenvalue weighted by molar-refractivity contribution is -0.118. The molecule has 0 aliphatic rings. The first kappa shape index (κ1) is 11.2. The summed E-state index contributed by atoms with van der Waals surface area (Å²) in [5, 5.41) is 2.04. The fourth-order valence-corrected chi connectivity index (χ4v) is 2.60. The van der Waals surface area contributed by atoms with Crippen LogP contribution in [0.5, 0.6) is 0 Å². The van der Waals surface area contributed by atoms with Gasteiger partial charge in [-0.3, -0.25) is 4.79 Å². The number of primary amides is 1. The van der Waals surface area contributed by atoms with E-state index in [9.17, 15) is 4.79 Å². The van der Waals surface area contributed by atoms with Crippen LogP contribution in [0, 0.1) is 5.41 Å². The Kier molecular flexibility index (Phi) is 3.32. The molecular formula is C11H17NOS. The molecule has 0 radical (unpaired) electrons. The maximum atomic E-state index is 11.0. The highest BCUT2D eigenvalue weighted by molar-refractivity contribution is 7.10. The Morgan fingerprint density at radius 3 is 2.57 bits per heavy atom. The van der Waals surface area contributed by atoms with Crippen molar-refractivity contribution in [1.82, 2.24) is 0 Å². The summed E-state index contributed by atoms with van der Waals surface area (Å²) in [5.41, 5.74) is 5.35. The topological polar surface area (TPSA) is 43.1 Å². The first-order chi connectivity index (χ1) is 6.41. The van der Waals surface area contributed by atoms with Crippen LogP contribution in [-0.4, -0.2) is 5.91 Å². The summed E-state index contributed by atoms with van der Waals surface area (Å²) in [6.07, 6.45) is 0.435. The smallest absolute Gasteiger partial charge is 0.218 e. The molecule has 0 fully saturated rings. The molecule has 78 valence electrons. The number of nitrogens with two attached hydrogens (primary N) is 1. The second kappa shape index (κ2) is 4.13. The van der Waals surface area contributed by atoms with Gasteiger partial charge in [0.1, 0.15) is 0 Å². The summed E-state index contributed by atoms with van der Waals surface area (Å²) in [7, 11) is 0. The van der Waals surface area contributed by atoms with Gasteiger partial charge >= 0.3 is 0 Å². The lowest BCUT2D eigenvalue weighted by Gasteiger charge is -2.28. The summed E-state index contributed by atoms with van der Waals surface area (Å²) < 4.78 is 0. The fourth-order valence-electron chi connectivity index (χ4n) is 1.52. The lowest BCUT2D eigenvalue weighted by atomic mass is 9.78. The van der Waals surface area contributed by atoms with Crippen molar-refractivity contribution in [3.63, 3.8) is 0 Å². The summed E-state index contributed by atoms with van der Waals surface area (Å²) in [6.45, 7) is 6.42. The van der Waals surface area contributed by atoms with Gasteiger partial charge in [-0.15, -0.1) is 11.3 Å². The molecule has 2 nitrogen and oxygen atoms in total. The molecule has 1 atom stereocenters. The zero-order valence-electron chi connectivity index (χ0n) is 8.91. The summed E-state index contributed by atoms with van der Waals surface area (Å²) in [5.74, 6) is 0.0123. The van der Waals surface area contributed by atoms with Gasteiger partial charge in [0.25, 0.3) is 0 Å². The average molecular weight is 211 g/mol. The van der Waals surface area contributed by atoms with E-state index in [4.69, 9.17) is 5.73 Å². The minimum absolute atomic E-state index is 0.0832. The van der Waals surface area contributed by atoms with E-state index in [2.05, 4.69) is 26.8 Å². The van der Waals surface area contributed by atoms with Crippen LogP contribution in [0.25, 0.3) is 0 Å². The van der Waals surface area contributed by atoms with Crippen molar-refractivity contribution in [2.45, 2.75) is 33.1 Å². The fraction of sp³-hybridized carbons (Fsp3) is 0.545. The van der Waals surface area contributed by atoms with E-state index in [-0.39, 0.29) is 17.2 Å². The number of thiophene rings is 1. The number of amides is 1. The average Bonchev–Trinajstić information content (AvgIpc) is 2.49. The van der Waals surface area contributed by atoms with Crippen molar-refractivity contribution in [3.8, 4) is 0 Å². The molecule has 1 aromatic rings. The molecule has 1 rings (SSSR count). The number of rotatable bonds is 3. The molecule has 2 N–H and O–H groups in total. The van der Waals surface area contributed by atoms with Gasteiger partial charge in [0.05, 0.1) is 0 Å². The van der Waals surface area contributed by atoms with Crippen molar-refractivity contribution >= 4 is 17.2 Å². The van der Waals surface area contributed by atoms with Gasteiger partial charge in [-0.25, -0.2) is 0 Å². The Labute approximate surface area is 89.1 Å². The molecule has 14 heavy (non-hydrogen) atoms. The van der Waals surface area contributed by atoms with Crippen LogP contribution in [0.2, 0.25) is 0 Å². The van der Waals surface area contributed by atoms with Crippen LogP contribution in [0.15, 0.2) is 17.5 Å². The van der Waals surface area contributed by atoms with Crippen molar-refractivity contribution in [1.29, 1.82) is 0 Å². The highest BCUT2D eigenvalue weighted by atomic mass is 32.1. The van der Waals surface area contributed by atoms with Crippen LogP contribution in [-0.2, 0) is 4.79 Å². The van der Waals surface area contributed by atoms with E-state index < -0.39 is 0 Å². The van der Waals surface area contributed by atoms with Crippen LogP contribution in [0.3, 0.4) is 0 Å². The molecule has 0 saturated carbocycles. The molecule has 0 aliphatic heterocycles. The zero-order chi connectivity index (χ0) is 10.8. The minimum Gasteiger partial charge on any atom is -0.370 e. The molecule has 0 saturated heterocycles. The van der Waals surface area contributed by atoms with Gasteiger partial charge in [0.15, 0.2) is 0 Å². The van der Waals surface area contributed by atoms with E-state index >= 15 is 0 Å². The molecular weight excluding hydrogens is 194 g/mol. The Bertz CT molecular complexity index is 298. The van der Waals surface area contributed by atoms with Crippen LogP contribution in [0.1, 0.15) is 38.0 Å². The number of hydrogen-bond donors (Lipinski definition) is 1. The maximum absolute atomic E-state index is 11.0. The van der Waals surface area contributed by atoms with Crippen LogP contribution in [0.4, 0.5) is 0 Å². The Morgan fingerprint density at radius 2 is 2.21 bits per heavy atom. The van der Waals surface area contributed by atoms with E-state index in [1.807, 2.05) is 11.4 Å². The highest BCUT2D eigenvalue weighted by Crippen LogP contribution is 2.39. The van der Waals surface area contributed by atoms with E-state index in [0.29, 0.717) is 6.42 Å². The van der Waals surface area contributed by atoms with Gasteiger partial charge in [-0.05, 0) is 16.9 Å². The molecule has 1 amide bonds. The van der Waals surface area contributed by atoms with Crippen LogP contribution < -0.4 is 5.73 Å². The third-order valence-electron chi connectivity index (χ3n) is 2.34. The van der Waals surface area contributed by atoms with Crippen molar-refractivity contribution in [3.05, 3.63) is 22.4 Å². The van der Waals surface area contributed by atoms with Crippen molar-refractivity contribution in [2.24, 2.45) is 11.1 Å². The third-order valence-corrected chi connectivity index (χ3v) is 3.32. The summed E-state index contributed by atoms with van der Waals surface area (Å²) >= 11 is 1.69. The Morgan fingerprint density at radius 1 is 1.57 bits per heavy atom. The summed E-state index contributed by atoms with van der Waals surface area (Å²) in [4.78, 5) is 12.2. The van der Waals surface area contributed by atoms with Gasteiger partial charge in [0.2, 0.25) is 5.91 Å². The van der Waals surface area contributed by atoms with E-state index in [0.717, 1.165) is 0 Å². The first-order valence-corrected chi connectivity index (χ1v) is 5.61. The Hall–Kier alpha value is -0.830. The van der Waals surface area contributed by atoms with Crippen LogP contribution >= 0.6 is 11.3 Å². The molecule has 1 aromatic heterocycles. The van der Waals surface area contributed by atoms with Gasteiger partial charge < -0.3 is 5.73 Å². The predicted octanol–water partition coefficient (Wildman–Crippen LogP) is 2.75. The number of carbonyl (C=O) groups excluding carboxylic acids is 1. The van der Waals surface area contributed by atoms with Gasteiger partial charge in [0, 0.05) is 17.2 Å². The zero-order valence-corrected chi connectivity index (χ0v) is 9.73. The molecule has 0 aliphatic carbocycles. The molecule has 1 heterocycles. The number of hydrogen-bond acceptors (Lipinski definition) is 2. The molecule has 0 bridgehead atoms. The number of carbonyl (C=O) groups is 1. The van der Waals surface area contributed by atoms with E-state index in [1.165, 1.54) is 4.88 Å². The quantitative estimate of drug-likeness (QED) is 0.820. The monoisotopic (exact) mass is 211 g/mol. The SMILES string of the molecule is CC(C)(C)C(CC(N)=O)c1cccs1. The first-order valence-electron chi connectivity index (χ1n) is 4.73. The predicted molar refractivity (Wildman–Crippen MR) is 60.3 cm³/mol. The standard InChI is InChI=1S/C11H17NOS/c1-11(2,3)8(7-10(12)13)9-5-4-6-14-9/h4-6,8H,7H2,1-3H3,(H2,12,13). The highest BCUT2D eigenvalue weighted by Gasteiger charge is 2.28. The maximum Gasteiger partial charge on any atom is 0.218 e. The molecule has 3 heteroatoms. The molecule has 1 unspecified atom stereocenters. The minimum atomic E-state index is -0.224. The van der Waals surface area contributed by atoms with Crippen molar-refractivity contribution in [2.75, 3.05) is 0 Å². The molecule has 0 aromatic carbocycles. The molecule has 0 spiro atoms. The van der Waals surface area contributed by atoms with Gasteiger partial charge in [-0.2, -0.15) is 0 Å². The Balaban J connectivity index is 2.89.